The van der Waals surface area contributed by atoms with Crippen molar-refractivity contribution in [1.82, 2.24) is 10.2 Å². The van der Waals surface area contributed by atoms with Gasteiger partial charge in [-0.05, 0) is 31.9 Å². The molecule has 1 amide bonds. The number of rotatable bonds is 6. The van der Waals surface area contributed by atoms with Crippen LogP contribution in [0.15, 0.2) is 24.3 Å². The molecule has 1 aromatic carbocycles. The minimum absolute atomic E-state index is 0.0536. The Kier molecular flexibility index (Phi) is 5.78. The number of carbonyl (C=O) groups excluding carboxylic acids is 1. The van der Waals surface area contributed by atoms with E-state index in [1.807, 2.05) is 19.9 Å². The molecule has 18 heavy (non-hydrogen) atoms. The van der Waals surface area contributed by atoms with E-state index in [4.69, 9.17) is 0 Å². The van der Waals surface area contributed by atoms with Crippen LogP contribution in [0.1, 0.15) is 19.4 Å². The van der Waals surface area contributed by atoms with Gasteiger partial charge in [-0.25, -0.2) is 4.39 Å². The maximum Gasteiger partial charge on any atom is 0.236 e. The number of hydrogen-bond donors (Lipinski definition) is 1. The van der Waals surface area contributed by atoms with Crippen LogP contribution >= 0.6 is 0 Å². The van der Waals surface area contributed by atoms with Crippen LogP contribution in [0.25, 0.3) is 0 Å². The molecule has 0 fully saturated rings. The van der Waals surface area contributed by atoms with Gasteiger partial charge in [0.2, 0.25) is 5.91 Å². The van der Waals surface area contributed by atoms with Crippen LogP contribution in [0, 0.1) is 5.82 Å². The van der Waals surface area contributed by atoms with Crippen molar-refractivity contribution in [2.75, 3.05) is 20.1 Å². The number of amides is 1. The average molecular weight is 252 g/mol. The maximum atomic E-state index is 13.4. The Bertz CT molecular complexity index is 395. The Morgan fingerprint density at radius 3 is 2.72 bits per heavy atom. The van der Waals surface area contributed by atoms with E-state index in [-0.39, 0.29) is 17.8 Å². The van der Waals surface area contributed by atoms with Crippen molar-refractivity contribution >= 4 is 5.91 Å². The Balaban J connectivity index is 2.41. The van der Waals surface area contributed by atoms with Gasteiger partial charge >= 0.3 is 0 Å². The Morgan fingerprint density at radius 1 is 1.44 bits per heavy atom. The standard InChI is InChI=1S/C14H21FN2O/c1-4-17(3)14(18)10-16-11(2)9-12-7-5-6-8-13(12)15/h5-8,11,16H,4,9-10H2,1-3H3. The molecule has 0 aromatic heterocycles. The summed E-state index contributed by atoms with van der Waals surface area (Å²) in [5.74, 6) is -0.138. The molecule has 0 saturated carbocycles. The molecule has 0 heterocycles. The largest absolute Gasteiger partial charge is 0.345 e. The molecule has 0 spiro atoms. The van der Waals surface area contributed by atoms with E-state index in [2.05, 4.69) is 5.32 Å². The van der Waals surface area contributed by atoms with Gasteiger partial charge in [-0.15, -0.1) is 0 Å². The van der Waals surface area contributed by atoms with Crippen molar-refractivity contribution in [3.8, 4) is 0 Å². The van der Waals surface area contributed by atoms with Crippen LogP contribution < -0.4 is 5.32 Å². The molecule has 1 aromatic rings. The van der Waals surface area contributed by atoms with Crippen molar-refractivity contribution < 1.29 is 9.18 Å². The molecule has 1 atom stereocenters. The van der Waals surface area contributed by atoms with E-state index in [0.717, 1.165) is 0 Å². The van der Waals surface area contributed by atoms with Gasteiger partial charge in [0.15, 0.2) is 0 Å². The van der Waals surface area contributed by atoms with E-state index in [1.165, 1.54) is 6.07 Å². The van der Waals surface area contributed by atoms with Gasteiger partial charge in [-0.1, -0.05) is 18.2 Å². The van der Waals surface area contributed by atoms with Crippen molar-refractivity contribution in [2.45, 2.75) is 26.3 Å². The number of nitrogens with one attached hydrogen (secondary N) is 1. The Labute approximate surface area is 108 Å². The second-order valence-electron chi connectivity index (χ2n) is 4.49. The lowest BCUT2D eigenvalue weighted by Crippen LogP contribution is -2.39. The topological polar surface area (TPSA) is 32.3 Å². The molecule has 0 aliphatic rings. The highest BCUT2D eigenvalue weighted by Gasteiger charge is 2.10. The van der Waals surface area contributed by atoms with E-state index in [1.54, 1.807) is 24.1 Å². The predicted octanol–water partition coefficient (Wildman–Crippen LogP) is 1.82. The smallest absolute Gasteiger partial charge is 0.236 e. The van der Waals surface area contributed by atoms with Gasteiger partial charge in [0, 0.05) is 19.6 Å². The summed E-state index contributed by atoms with van der Waals surface area (Å²) >= 11 is 0. The number of nitrogens with zero attached hydrogens (tertiary/aromatic N) is 1. The van der Waals surface area contributed by atoms with Crippen LogP contribution in [-0.4, -0.2) is 37.0 Å². The van der Waals surface area contributed by atoms with Gasteiger partial charge in [0.05, 0.1) is 6.54 Å². The van der Waals surface area contributed by atoms with E-state index >= 15 is 0 Å². The third-order valence-electron chi connectivity index (χ3n) is 2.99. The first-order valence-corrected chi connectivity index (χ1v) is 6.25. The normalized spacial score (nSPS) is 12.2. The molecule has 1 unspecified atom stereocenters. The van der Waals surface area contributed by atoms with Crippen LogP contribution in [0.2, 0.25) is 0 Å². The van der Waals surface area contributed by atoms with Crippen molar-refractivity contribution in [2.24, 2.45) is 0 Å². The van der Waals surface area contributed by atoms with Crippen molar-refractivity contribution in [3.05, 3.63) is 35.6 Å². The number of benzene rings is 1. The zero-order chi connectivity index (χ0) is 13.5. The van der Waals surface area contributed by atoms with Crippen LogP contribution in [0.3, 0.4) is 0 Å². The molecule has 3 nitrogen and oxygen atoms in total. The highest BCUT2D eigenvalue weighted by molar-refractivity contribution is 5.77. The van der Waals surface area contributed by atoms with Gasteiger partial charge in [0.25, 0.3) is 0 Å². The summed E-state index contributed by atoms with van der Waals surface area (Å²) in [6.45, 7) is 4.87. The minimum Gasteiger partial charge on any atom is -0.345 e. The highest BCUT2D eigenvalue weighted by Crippen LogP contribution is 2.08. The summed E-state index contributed by atoms with van der Waals surface area (Å²) < 4.78 is 13.4. The van der Waals surface area contributed by atoms with Crippen LogP contribution in [0.4, 0.5) is 4.39 Å². The number of hydrogen-bond acceptors (Lipinski definition) is 2. The quantitative estimate of drug-likeness (QED) is 0.837. The molecule has 1 N–H and O–H groups in total. The predicted molar refractivity (Wildman–Crippen MR) is 70.9 cm³/mol. The third-order valence-corrected chi connectivity index (χ3v) is 2.99. The summed E-state index contributed by atoms with van der Waals surface area (Å²) in [5, 5.41) is 3.12. The molecule has 1 rings (SSSR count). The van der Waals surface area contributed by atoms with Crippen molar-refractivity contribution in [1.29, 1.82) is 0 Å². The zero-order valence-electron chi connectivity index (χ0n) is 11.2. The van der Waals surface area contributed by atoms with E-state index in [0.29, 0.717) is 25.1 Å². The fraction of sp³-hybridized carbons (Fsp3) is 0.500. The fourth-order valence-corrected chi connectivity index (χ4v) is 1.64. The van der Waals surface area contributed by atoms with Gasteiger partial charge in [-0.2, -0.15) is 0 Å². The number of carbonyl (C=O) groups is 1. The molecule has 0 aliphatic heterocycles. The summed E-state index contributed by atoms with van der Waals surface area (Å²) in [7, 11) is 1.77. The average Bonchev–Trinajstić information content (AvgIpc) is 2.37. The second-order valence-corrected chi connectivity index (χ2v) is 4.49. The molecular formula is C14H21FN2O. The van der Waals surface area contributed by atoms with Crippen LogP contribution in [0.5, 0.6) is 0 Å². The minimum atomic E-state index is -0.192. The molecule has 4 heteroatoms. The second kappa shape index (κ2) is 7.11. The van der Waals surface area contributed by atoms with Gasteiger partial charge in [0.1, 0.15) is 5.82 Å². The maximum absolute atomic E-state index is 13.4. The summed E-state index contributed by atoms with van der Waals surface area (Å²) in [6.07, 6.45) is 0.579. The van der Waals surface area contributed by atoms with Gasteiger partial charge < -0.3 is 10.2 Å². The van der Waals surface area contributed by atoms with E-state index < -0.39 is 0 Å². The SMILES string of the molecule is CCN(C)C(=O)CNC(C)Cc1ccccc1F. The lowest BCUT2D eigenvalue weighted by Gasteiger charge is -2.18. The Hall–Kier alpha value is -1.42. The lowest BCUT2D eigenvalue weighted by atomic mass is 10.1. The number of likely N-dealkylation sites (N-methyl/N-ethyl adjacent to an activating group) is 1. The molecular weight excluding hydrogens is 231 g/mol. The summed E-state index contributed by atoms with van der Waals surface area (Å²) in [5.41, 5.74) is 0.675. The molecule has 100 valence electrons. The first-order valence-electron chi connectivity index (χ1n) is 6.25. The first-order chi connectivity index (χ1) is 8.54. The fourth-order valence-electron chi connectivity index (χ4n) is 1.64. The summed E-state index contributed by atoms with van der Waals surface area (Å²) in [4.78, 5) is 13.2. The third kappa shape index (κ3) is 4.45. The van der Waals surface area contributed by atoms with Crippen molar-refractivity contribution in [3.63, 3.8) is 0 Å². The monoisotopic (exact) mass is 252 g/mol. The molecule has 0 bridgehead atoms. The number of halogens is 1. The molecule has 0 saturated heterocycles. The van der Waals surface area contributed by atoms with Crippen LogP contribution in [-0.2, 0) is 11.2 Å². The molecule has 0 radical (unpaired) electrons. The molecule has 0 aliphatic carbocycles. The lowest BCUT2D eigenvalue weighted by molar-refractivity contribution is -0.128. The van der Waals surface area contributed by atoms with Gasteiger partial charge in [-0.3, -0.25) is 4.79 Å². The Morgan fingerprint density at radius 2 is 2.11 bits per heavy atom. The van der Waals surface area contributed by atoms with E-state index in [9.17, 15) is 9.18 Å². The highest BCUT2D eigenvalue weighted by atomic mass is 19.1. The first kappa shape index (κ1) is 14.6. The zero-order valence-corrected chi connectivity index (χ0v) is 11.2. The summed E-state index contributed by atoms with van der Waals surface area (Å²) in [6, 6.07) is 6.79.